The van der Waals surface area contributed by atoms with Crippen LogP contribution in [0, 0.1) is 22.7 Å². The summed E-state index contributed by atoms with van der Waals surface area (Å²) in [5, 5.41) is 0. The Morgan fingerprint density at radius 3 is 2.40 bits per heavy atom. The third-order valence-corrected chi connectivity index (χ3v) is 7.98. The van der Waals surface area contributed by atoms with E-state index >= 15 is 0 Å². The summed E-state index contributed by atoms with van der Waals surface area (Å²) in [5.41, 5.74) is -0.246. The summed E-state index contributed by atoms with van der Waals surface area (Å²) < 4.78 is 12.6. The molecule has 3 rings (SSSR count). The standard InChI is InChI=1S/C22H36O3/c1-8-20(5)13-10-16-21(6)12-9-11-19(3,4)17(21)14-18(24-15(2)23)22(16,7)25-20/h8,16-18H,1,9-14H2,2-7H3/t16?,17?,18-,20?,21?,22?/m0/s1. The molecule has 0 aromatic rings. The van der Waals surface area contributed by atoms with Crippen molar-refractivity contribution in [3.05, 3.63) is 12.7 Å². The minimum atomic E-state index is -0.439. The SMILES string of the molecule is C=CC1(C)CCC2C3(C)CCCC(C)(C)C3C[C@H](OC(C)=O)C2(C)O1. The van der Waals surface area contributed by atoms with Crippen molar-refractivity contribution in [1.82, 2.24) is 0 Å². The Balaban J connectivity index is 2.05. The molecule has 25 heavy (non-hydrogen) atoms. The summed E-state index contributed by atoms with van der Waals surface area (Å²) in [6.07, 6.45) is 8.55. The molecule has 0 N–H and O–H groups in total. The number of fused-ring (bicyclic) bond motifs is 3. The molecule has 0 spiro atoms. The lowest BCUT2D eigenvalue weighted by Gasteiger charge is -2.66. The number of hydrogen-bond donors (Lipinski definition) is 0. The molecule has 3 nitrogen and oxygen atoms in total. The highest BCUT2D eigenvalue weighted by atomic mass is 16.6. The molecule has 0 bridgehead atoms. The van der Waals surface area contributed by atoms with E-state index in [-0.39, 0.29) is 28.5 Å². The van der Waals surface area contributed by atoms with Crippen LogP contribution in [0.25, 0.3) is 0 Å². The number of hydrogen-bond acceptors (Lipinski definition) is 3. The first-order chi connectivity index (χ1) is 11.5. The summed E-state index contributed by atoms with van der Waals surface area (Å²) in [6.45, 7) is 17.1. The summed E-state index contributed by atoms with van der Waals surface area (Å²) in [6, 6.07) is 0. The molecule has 0 aromatic heterocycles. The van der Waals surface area contributed by atoms with Gasteiger partial charge < -0.3 is 9.47 Å². The van der Waals surface area contributed by atoms with Crippen LogP contribution < -0.4 is 0 Å². The van der Waals surface area contributed by atoms with E-state index in [1.54, 1.807) is 0 Å². The Morgan fingerprint density at radius 1 is 1.12 bits per heavy atom. The van der Waals surface area contributed by atoms with E-state index in [1.165, 1.54) is 26.2 Å². The fourth-order valence-corrected chi connectivity index (χ4v) is 6.75. The first-order valence-electron chi connectivity index (χ1n) is 9.98. The highest BCUT2D eigenvalue weighted by molar-refractivity contribution is 5.66. The molecule has 2 aliphatic carbocycles. The van der Waals surface area contributed by atoms with Crippen LogP contribution in [-0.4, -0.2) is 23.3 Å². The molecule has 142 valence electrons. The molecule has 1 heterocycles. The van der Waals surface area contributed by atoms with Crippen LogP contribution in [0.3, 0.4) is 0 Å². The lowest BCUT2D eigenvalue weighted by molar-refractivity contribution is -0.293. The van der Waals surface area contributed by atoms with Gasteiger partial charge in [-0.1, -0.05) is 33.3 Å². The summed E-state index contributed by atoms with van der Waals surface area (Å²) in [5.74, 6) is 0.778. The van der Waals surface area contributed by atoms with E-state index < -0.39 is 5.60 Å². The highest BCUT2D eigenvalue weighted by Gasteiger charge is 2.65. The largest absolute Gasteiger partial charge is 0.459 e. The molecule has 1 aliphatic heterocycles. The molecule has 2 saturated carbocycles. The van der Waals surface area contributed by atoms with Crippen LogP contribution >= 0.6 is 0 Å². The molecule has 5 unspecified atom stereocenters. The average molecular weight is 349 g/mol. The third-order valence-electron chi connectivity index (χ3n) is 7.98. The molecule has 0 amide bonds. The summed E-state index contributed by atoms with van der Waals surface area (Å²) in [7, 11) is 0. The first kappa shape index (κ1) is 18.9. The van der Waals surface area contributed by atoms with Gasteiger partial charge in [0.25, 0.3) is 0 Å². The van der Waals surface area contributed by atoms with Crippen molar-refractivity contribution in [3.63, 3.8) is 0 Å². The van der Waals surface area contributed by atoms with Gasteiger partial charge in [0.05, 0.1) is 5.60 Å². The zero-order valence-electron chi connectivity index (χ0n) is 17.0. The monoisotopic (exact) mass is 348 g/mol. The smallest absolute Gasteiger partial charge is 0.303 e. The molecular formula is C22H36O3. The second kappa shape index (κ2) is 5.84. The normalized spacial score (nSPS) is 48.8. The van der Waals surface area contributed by atoms with Crippen molar-refractivity contribution in [2.24, 2.45) is 22.7 Å². The van der Waals surface area contributed by atoms with Gasteiger partial charge >= 0.3 is 5.97 Å². The number of ether oxygens (including phenoxy) is 2. The molecular weight excluding hydrogens is 312 g/mol. The summed E-state index contributed by atoms with van der Waals surface area (Å²) >= 11 is 0. The van der Waals surface area contributed by atoms with Gasteiger partial charge in [0.1, 0.15) is 11.7 Å². The molecule has 3 aliphatic rings. The Morgan fingerprint density at radius 2 is 1.80 bits per heavy atom. The maximum Gasteiger partial charge on any atom is 0.303 e. The van der Waals surface area contributed by atoms with E-state index in [1.807, 2.05) is 6.08 Å². The van der Waals surface area contributed by atoms with Crippen molar-refractivity contribution in [1.29, 1.82) is 0 Å². The van der Waals surface area contributed by atoms with E-state index in [2.05, 4.69) is 41.2 Å². The molecule has 3 heteroatoms. The van der Waals surface area contributed by atoms with Crippen LogP contribution in [0.5, 0.6) is 0 Å². The number of esters is 1. The minimum absolute atomic E-state index is 0.176. The number of rotatable bonds is 2. The van der Waals surface area contributed by atoms with Crippen LogP contribution in [0.4, 0.5) is 0 Å². The van der Waals surface area contributed by atoms with Gasteiger partial charge in [-0.25, -0.2) is 0 Å². The predicted octanol–water partition coefficient (Wildman–Crippen LogP) is 5.28. The predicted molar refractivity (Wildman–Crippen MR) is 100 cm³/mol. The van der Waals surface area contributed by atoms with Gasteiger partial charge in [-0.3, -0.25) is 4.79 Å². The van der Waals surface area contributed by atoms with Crippen molar-refractivity contribution in [3.8, 4) is 0 Å². The lowest BCUT2D eigenvalue weighted by atomic mass is 9.43. The van der Waals surface area contributed by atoms with Crippen LogP contribution in [0.15, 0.2) is 12.7 Å². The maximum atomic E-state index is 11.9. The number of carbonyl (C=O) groups is 1. The molecule has 6 atom stereocenters. The Hall–Kier alpha value is -0.830. The zero-order chi connectivity index (χ0) is 18.7. The van der Waals surface area contributed by atoms with Gasteiger partial charge in [0, 0.05) is 6.92 Å². The molecule has 0 radical (unpaired) electrons. The van der Waals surface area contributed by atoms with Gasteiger partial charge in [0.2, 0.25) is 0 Å². The molecule has 1 saturated heterocycles. The van der Waals surface area contributed by atoms with Crippen molar-refractivity contribution in [2.45, 2.75) is 97.4 Å². The molecule has 0 aromatic carbocycles. The summed E-state index contributed by atoms with van der Waals surface area (Å²) in [4.78, 5) is 11.9. The Labute approximate surface area is 153 Å². The first-order valence-corrected chi connectivity index (χ1v) is 9.98. The number of carbonyl (C=O) groups excluding carboxylic acids is 1. The second-order valence-corrected chi connectivity index (χ2v) is 10.1. The second-order valence-electron chi connectivity index (χ2n) is 10.1. The van der Waals surface area contributed by atoms with Gasteiger partial charge in [-0.2, -0.15) is 0 Å². The fourth-order valence-electron chi connectivity index (χ4n) is 6.75. The topological polar surface area (TPSA) is 35.5 Å². The van der Waals surface area contributed by atoms with E-state index in [4.69, 9.17) is 9.47 Å². The van der Waals surface area contributed by atoms with E-state index in [0.29, 0.717) is 11.8 Å². The third kappa shape index (κ3) is 2.87. The van der Waals surface area contributed by atoms with Gasteiger partial charge in [-0.05, 0) is 68.6 Å². The highest BCUT2D eigenvalue weighted by Crippen LogP contribution is 2.66. The minimum Gasteiger partial charge on any atom is -0.459 e. The van der Waals surface area contributed by atoms with E-state index in [0.717, 1.165) is 19.3 Å². The Kier molecular flexibility index (Phi) is 4.42. The van der Waals surface area contributed by atoms with Crippen LogP contribution in [0.1, 0.15) is 80.1 Å². The Bertz CT molecular complexity index is 568. The van der Waals surface area contributed by atoms with Crippen molar-refractivity contribution >= 4 is 5.97 Å². The average Bonchev–Trinajstić information content (AvgIpc) is 2.48. The molecule has 3 fully saturated rings. The van der Waals surface area contributed by atoms with Crippen LogP contribution in [0.2, 0.25) is 0 Å². The van der Waals surface area contributed by atoms with E-state index in [9.17, 15) is 4.79 Å². The quantitative estimate of drug-likeness (QED) is 0.503. The fraction of sp³-hybridized carbons (Fsp3) is 0.864. The van der Waals surface area contributed by atoms with Crippen LogP contribution in [-0.2, 0) is 14.3 Å². The van der Waals surface area contributed by atoms with Gasteiger partial charge in [0.15, 0.2) is 0 Å². The van der Waals surface area contributed by atoms with Gasteiger partial charge in [-0.15, -0.1) is 6.58 Å². The van der Waals surface area contributed by atoms with Crippen molar-refractivity contribution < 1.29 is 14.3 Å². The zero-order valence-corrected chi connectivity index (χ0v) is 17.0. The van der Waals surface area contributed by atoms with Crippen molar-refractivity contribution in [2.75, 3.05) is 0 Å². The lowest BCUT2D eigenvalue weighted by Crippen LogP contribution is -2.68. The maximum absolute atomic E-state index is 11.9.